The summed E-state index contributed by atoms with van der Waals surface area (Å²) in [5.41, 5.74) is 14.9. The van der Waals surface area contributed by atoms with Crippen molar-refractivity contribution in [2.45, 2.75) is 32.0 Å². The molecule has 0 bridgehead atoms. The fourth-order valence-corrected chi connectivity index (χ4v) is 3.38. The normalized spacial score (nSPS) is 18.3. The first-order valence-electron chi connectivity index (χ1n) is 8.66. The summed E-state index contributed by atoms with van der Waals surface area (Å²) in [4.78, 5) is 8.05. The van der Waals surface area contributed by atoms with Crippen LogP contribution < -0.4 is 20.9 Å². The predicted molar refractivity (Wildman–Crippen MR) is 98.8 cm³/mol. The van der Waals surface area contributed by atoms with Gasteiger partial charge in [0.05, 0.1) is 13.7 Å². The van der Waals surface area contributed by atoms with Crippen molar-refractivity contribution in [3.63, 3.8) is 0 Å². The molecule has 2 aliphatic rings. The summed E-state index contributed by atoms with van der Waals surface area (Å²) in [7, 11) is 1.59. The molecule has 1 saturated carbocycles. The molecule has 7 heteroatoms. The molecule has 26 heavy (non-hydrogen) atoms. The second kappa shape index (κ2) is 6.49. The van der Waals surface area contributed by atoms with Gasteiger partial charge in [0.15, 0.2) is 11.5 Å². The van der Waals surface area contributed by atoms with Crippen LogP contribution in [0.2, 0.25) is 0 Å². The van der Waals surface area contributed by atoms with Crippen molar-refractivity contribution in [2.75, 3.05) is 18.6 Å². The first-order chi connectivity index (χ1) is 12.6. The number of nitrogens with two attached hydrogens (primary N) is 2. The van der Waals surface area contributed by atoms with Crippen molar-refractivity contribution in [3.05, 3.63) is 40.6 Å². The molecule has 2 heterocycles. The molecule has 7 nitrogen and oxygen atoms in total. The molecule has 5 N–H and O–H groups in total. The van der Waals surface area contributed by atoms with Crippen LogP contribution in [0.15, 0.2) is 18.3 Å². The zero-order valence-electron chi connectivity index (χ0n) is 14.6. The average Bonchev–Trinajstić information content (AvgIpc) is 3.48. The number of benzene rings is 1. The number of aromatic nitrogens is 2. The van der Waals surface area contributed by atoms with E-state index in [4.69, 9.17) is 20.9 Å². The number of aliphatic hydroxyl groups excluding tert-OH is 1. The number of hydrogen-bond donors (Lipinski definition) is 3. The van der Waals surface area contributed by atoms with Gasteiger partial charge in [-0.1, -0.05) is 6.08 Å². The van der Waals surface area contributed by atoms with E-state index in [1.54, 1.807) is 13.3 Å². The van der Waals surface area contributed by atoms with E-state index in [1.165, 1.54) is 12.8 Å². The van der Waals surface area contributed by atoms with Crippen molar-refractivity contribution >= 4 is 17.8 Å². The largest absolute Gasteiger partial charge is 0.492 e. The van der Waals surface area contributed by atoms with Gasteiger partial charge >= 0.3 is 0 Å². The zero-order valence-corrected chi connectivity index (χ0v) is 14.6. The third-order valence-electron chi connectivity index (χ3n) is 4.90. The van der Waals surface area contributed by atoms with Crippen LogP contribution in [0.1, 0.15) is 35.1 Å². The molecule has 1 aromatic heterocycles. The Morgan fingerprint density at radius 3 is 2.73 bits per heavy atom. The first-order valence-corrected chi connectivity index (χ1v) is 8.66. The van der Waals surface area contributed by atoms with Crippen LogP contribution in [-0.2, 0) is 13.0 Å². The molecule has 0 amide bonds. The van der Waals surface area contributed by atoms with E-state index < -0.39 is 0 Å². The maximum atomic E-state index is 9.80. The topological polar surface area (TPSA) is 117 Å². The fraction of sp³-hybridized carbons (Fsp3) is 0.368. The molecule has 1 fully saturated rings. The maximum absolute atomic E-state index is 9.80. The quantitative estimate of drug-likeness (QED) is 0.751. The standard InChI is InChI=1S/C19H22N4O3/c1-25-16-13(9-24)7-11(6-12-8-22-19(21)23-18(12)20)14-4-5-15(10-2-3-10)26-17(14)16/h4-5,7-8,10,15,24H,2-3,6,9H2,1H3,(H4,20,21,22,23)/t15-/m1/s1. The molecule has 4 rings (SSSR count). The van der Waals surface area contributed by atoms with Gasteiger partial charge in [-0.25, -0.2) is 4.98 Å². The fourth-order valence-electron chi connectivity index (χ4n) is 3.38. The van der Waals surface area contributed by atoms with E-state index in [-0.39, 0.29) is 18.7 Å². The van der Waals surface area contributed by atoms with Crippen LogP contribution in [-0.4, -0.2) is 28.3 Å². The number of anilines is 2. The Morgan fingerprint density at radius 2 is 2.08 bits per heavy atom. The number of rotatable bonds is 5. The highest BCUT2D eigenvalue weighted by Gasteiger charge is 2.35. The average molecular weight is 354 g/mol. The number of nitrogen functional groups attached to an aromatic ring is 2. The molecule has 1 aliphatic carbocycles. The summed E-state index contributed by atoms with van der Waals surface area (Å²) in [6.45, 7) is -0.141. The summed E-state index contributed by atoms with van der Waals surface area (Å²) < 4.78 is 11.8. The van der Waals surface area contributed by atoms with Gasteiger partial charge in [-0.05, 0) is 36.5 Å². The highest BCUT2D eigenvalue weighted by atomic mass is 16.5. The molecule has 0 saturated heterocycles. The van der Waals surface area contributed by atoms with Crippen molar-refractivity contribution in [1.82, 2.24) is 9.97 Å². The van der Waals surface area contributed by atoms with Crippen LogP contribution in [0.3, 0.4) is 0 Å². The molecule has 1 atom stereocenters. The lowest BCUT2D eigenvalue weighted by molar-refractivity contribution is 0.208. The molecule has 0 unspecified atom stereocenters. The summed E-state index contributed by atoms with van der Waals surface area (Å²) >= 11 is 0. The number of nitrogens with zero attached hydrogens (tertiary/aromatic N) is 2. The van der Waals surface area contributed by atoms with Gasteiger partial charge in [-0.3, -0.25) is 0 Å². The van der Waals surface area contributed by atoms with E-state index in [0.29, 0.717) is 35.2 Å². The Kier molecular flexibility index (Phi) is 4.16. The van der Waals surface area contributed by atoms with Gasteiger partial charge in [-0.15, -0.1) is 0 Å². The van der Waals surface area contributed by atoms with Gasteiger partial charge in [0.2, 0.25) is 5.95 Å². The van der Waals surface area contributed by atoms with Crippen molar-refractivity contribution in [2.24, 2.45) is 5.92 Å². The highest BCUT2D eigenvalue weighted by Crippen LogP contribution is 2.45. The third-order valence-corrected chi connectivity index (χ3v) is 4.90. The van der Waals surface area contributed by atoms with Gasteiger partial charge in [0.25, 0.3) is 0 Å². The zero-order chi connectivity index (χ0) is 18.3. The number of fused-ring (bicyclic) bond motifs is 1. The Bertz CT molecular complexity index is 878. The van der Waals surface area contributed by atoms with E-state index >= 15 is 0 Å². The molecule has 0 spiro atoms. The van der Waals surface area contributed by atoms with Crippen molar-refractivity contribution in [3.8, 4) is 11.5 Å². The predicted octanol–water partition coefficient (Wildman–Crippen LogP) is 1.92. The van der Waals surface area contributed by atoms with Crippen LogP contribution >= 0.6 is 0 Å². The molecule has 1 aromatic carbocycles. The lowest BCUT2D eigenvalue weighted by Gasteiger charge is -2.26. The second-order valence-corrected chi connectivity index (χ2v) is 6.72. The second-order valence-electron chi connectivity index (χ2n) is 6.72. The summed E-state index contributed by atoms with van der Waals surface area (Å²) in [6.07, 6.45) is 8.74. The van der Waals surface area contributed by atoms with Crippen LogP contribution in [0.25, 0.3) is 6.08 Å². The number of ether oxygens (including phenoxy) is 2. The number of methoxy groups -OCH3 is 1. The molecule has 136 valence electrons. The van der Waals surface area contributed by atoms with Crippen LogP contribution in [0.4, 0.5) is 11.8 Å². The SMILES string of the molecule is COc1c(CO)cc(Cc2cnc(N)nc2N)c2c1O[C@@H](C1CC1)C=C2. The number of aliphatic hydroxyl groups is 1. The van der Waals surface area contributed by atoms with Gasteiger partial charge in [0, 0.05) is 29.3 Å². The monoisotopic (exact) mass is 354 g/mol. The Morgan fingerprint density at radius 1 is 1.27 bits per heavy atom. The molecule has 0 radical (unpaired) electrons. The van der Waals surface area contributed by atoms with Crippen LogP contribution in [0, 0.1) is 5.92 Å². The van der Waals surface area contributed by atoms with Gasteiger partial charge < -0.3 is 26.0 Å². The molecular weight excluding hydrogens is 332 g/mol. The smallest absolute Gasteiger partial charge is 0.221 e. The Hall–Kier alpha value is -2.80. The lowest BCUT2D eigenvalue weighted by Crippen LogP contribution is -2.21. The maximum Gasteiger partial charge on any atom is 0.221 e. The summed E-state index contributed by atoms with van der Waals surface area (Å²) in [5, 5.41) is 9.80. The summed E-state index contributed by atoms with van der Waals surface area (Å²) in [5.74, 6) is 2.33. The number of hydrogen-bond acceptors (Lipinski definition) is 7. The van der Waals surface area contributed by atoms with E-state index in [2.05, 4.69) is 22.1 Å². The minimum Gasteiger partial charge on any atom is -0.492 e. The summed E-state index contributed by atoms with van der Waals surface area (Å²) in [6, 6.07) is 1.92. The van der Waals surface area contributed by atoms with Crippen molar-refractivity contribution in [1.29, 1.82) is 0 Å². The molecular formula is C19H22N4O3. The van der Waals surface area contributed by atoms with Crippen LogP contribution in [0.5, 0.6) is 11.5 Å². The van der Waals surface area contributed by atoms with Gasteiger partial charge in [-0.2, -0.15) is 4.98 Å². The molecule has 1 aliphatic heterocycles. The first kappa shape index (κ1) is 16.7. The Labute approximate surface area is 151 Å². The minimum absolute atomic E-state index is 0.0584. The van der Waals surface area contributed by atoms with E-state index in [9.17, 15) is 5.11 Å². The highest BCUT2D eigenvalue weighted by molar-refractivity contribution is 5.71. The molecule has 2 aromatic rings. The van der Waals surface area contributed by atoms with Crippen molar-refractivity contribution < 1.29 is 14.6 Å². The lowest BCUT2D eigenvalue weighted by atomic mass is 9.94. The Balaban J connectivity index is 1.78. The van der Waals surface area contributed by atoms with E-state index in [0.717, 1.165) is 16.7 Å². The minimum atomic E-state index is -0.141. The van der Waals surface area contributed by atoms with Gasteiger partial charge in [0.1, 0.15) is 11.9 Å². The third kappa shape index (κ3) is 2.94. The van der Waals surface area contributed by atoms with E-state index in [1.807, 2.05) is 6.07 Å².